The second-order valence-electron chi connectivity index (χ2n) is 3.74. The van der Waals surface area contributed by atoms with Gasteiger partial charge in [0.1, 0.15) is 4.21 Å². The molecule has 0 saturated carbocycles. The first kappa shape index (κ1) is 15.0. The summed E-state index contributed by atoms with van der Waals surface area (Å²) in [5.41, 5.74) is 5.44. The van der Waals surface area contributed by atoms with Crippen LogP contribution >= 0.6 is 23.1 Å². The van der Waals surface area contributed by atoms with Crippen LogP contribution in [0.1, 0.15) is 11.8 Å². The van der Waals surface area contributed by atoms with Crippen LogP contribution in [0, 0.1) is 0 Å². The lowest BCUT2D eigenvalue weighted by Crippen LogP contribution is -2.33. The zero-order valence-corrected chi connectivity index (χ0v) is 12.4. The van der Waals surface area contributed by atoms with Crippen LogP contribution in [0.4, 0.5) is 0 Å². The molecule has 1 heterocycles. The third-order valence-electron chi connectivity index (χ3n) is 2.07. The van der Waals surface area contributed by atoms with Crippen molar-refractivity contribution < 1.29 is 8.42 Å². The molecule has 0 saturated heterocycles. The summed E-state index contributed by atoms with van der Waals surface area (Å²) in [6, 6.07) is 3.41. The Morgan fingerprint density at radius 2 is 2.24 bits per heavy atom. The molecule has 1 unspecified atom stereocenters. The third kappa shape index (κ3) is 4.59. The van der Waals surface area contributed by atoms with Gasteiger partial charge in [-0.05, 0) is 38.3 Å². The number of hydrogen-bond donors (Lipinski definition) is 2. The molecule has 1 rings (SSSR count). The lowest BCUT2D eigenvalue weighted by atomic mass is 10.3. The van der Waals surface area contributed by atoms with Crippen LogP contribution < -0.4 is 10.5 Å². The summed E-state index contributed by atoms with van der Waals surface area (Å²) in [7, 11) is -3.36. The molecule has 7 heteroatoms. The summed E-state index contributed by atoms with van der Waals surface area (Å²) < 4.78 is 27.0. The molecule has 98 valence electrons. The fraction of sp³-hybridized carbons (Fsp3) is 0.600. The molecular formula is C10H18N2O2S3. The Hall–Kier alpha value is -0.0800. The molecule has 17 heavy (non-hydrogen) atoms. The zero-order chi connectivity index (χ0) is 12.9. The normalized spacial score (nSPS) is 13.8. The highest BCUT2D eigenvalue weighted by Gasteiger charge is 2.19. The smallest absolute Gasteiger partial charge is 0.250 e. The van der Waals surface area contributed by atoms with Gasteiger partial charge in [0.05, 0.1) is 0 Å². The number of nitrogens with one attached hydrogen (secondary N) is 1. The van der Waals surface area contributed by atoms with E-state index in [0.29, 0.717) is 10.8 Å². The number of thiophene rings is 1. The molecule has 4 nitrogen and oxygen atoms in total. The minimum atomic E-state index is -3.36. The van der Waals surface area contributed by atoms with Crippen LogP contribution in [-0.2, 0) is 16.4 Å². The molecule has 0 radical (unpaired) electrons. The summed E-state index contributed by atoms with van der Waals surface area (Å²) >= 11 is 2.91. The van der Waals surface area contributed by atoms with E-state index in [0.717, 1.165) is 17.1 Å². The number of nitrogens with two attached hydrogens (primary N) is 1. The molecule has 0 aromatic carbocycles. The van der Waals surface area contributed by atoms with Crippen molar-refractivity contribution >= 4 is 33.1 Å². The minimum absolute atomic E-state index is 0.0601. The van der Waals surface area contributed by atoms with Crippen molar-refractivity contribution in [1.82, 2.24) is 4.72 Å². The molecule has 3 N–H and O–H groups in total. The minimum Gasteiger partial charge on any atom is -0.330 e. The molecule has 0 aliphatic carbocycles. The Morgan fingerprint density at radius 1 is 1.53 bits per heavy atom. The summed E-state index contributed by atoms with van der Waals surface area (Å²) in [6.07, 6.45) is 2.68. The Kier molecular flexibility index (Phi) is 5.94. The molecule has 1 aromatic rings. The van der Waals surface area contributed by atoms with Crippen molar-refractivity contribution in [3.8, 4) is 0 Å². The number of rotatable bonds is 7. The van der Waals surface area contributed by atoms with E-state index in [4.69, 9.17) is 5.73 Å². The van der Waals surface area contributed by atoms with Gasteiger partial charge in [0.15, 0.2) is 0 Å². The van der Waals surface area contributed by atoms with E-state index < -0.39 is 10.0 Å². The first-order valence-electron chi connectivity index (χ1n) is 5.29. The van der Waals surface area contributed by atoms with Crippen molar-refractivity contribution in [3.05, 3.63) is 17.0 Å². The van der Waals surface area contributed by atoms with Gasteiger partial charge in [0, 0.05) is 16.7 Å². The van der Waals surface area contributed by atoms with Crippen molar-refractivity contribution in [2.24, 2.45) is 5.73 Å². The van der Waals surface area contributed by atoms with Gasteiger partial charge < -0.3 is 5.73 Å². The molecule has 0 bridgehead atoms. The van der Waals surface area contributed by atoms with E-state index in [1.165, 1.54) is 11.3 Å². The fourth-order valence-corrected chi connectivity index (χ4v) is 4.71. The van der Waals surface area contributed by atoms with Crippen LogP contribution in [0.5, 0.6) is 0 Å². The fourth-order valence-electron chi connectivity index (χ4n) is 1.39. The average Bonchev–Trinajstić information content (AvgIpc) is 2.67. The van der Waals surface area contributed by atoms with E-state index in [1.807, 2.05) is 19.2 Å². The van der Waals surface area contributed by atoms with Gasteiger partial charge in [-0.2, -0.15) is 11.8 Å². The standard InChI is InChI=1S/C10H18N2O2S3/c1-8(7-15-2)12-17(13,14)10-4-3-9(16-10)5-6-11/h3-4,8,12H,5-7,11H2,1-2H3. The second-order valence-corrected chi connectivity index (χ2v) is 7.76. The van der Waals surface area contributed by atoms with Crippen LogP contribution in [0.25, 0.3) is 0 Å². The predicted molar refractivity (Wildman–Crippen MR) is 75.2 cm³/mol. The molecule has 0 aliphatic rings. The van der Waals surface area contributed by atoms with Gasteiger partial charge in [-0.25, -0.2) is 13.1 Å². The number of thioether (sulfide) groups is 1. The molecule has 0 spiro atoms. The van der Waals surface area contributed by atoms with Crippen molar-refractivity contribution in [1.29, 1.82) is 0 Å². The number of sulfonamides is 1. The van der Waals surface area contributed by atoms with Crippen LogP contribution in [-0.4, -0.2) is 33.0 Å². The molecule has 0 amide bonds. The van der Waals surface area contributed by atoms with Crippen molar-refractivity contribution in [2.45, 2.75) is 23.6 Å². The van der Waals surface area contributed by atoms with E-state index in [9.17, 15) is 8.42 Å². The van der Waals surface area contributed by atoms with E-state index in [2.05, 4.69) is 4.72 Å². The lowest BCUT2D eigenvalue weighted by molar-refractivity contribution is 0.573. The van der Waals surface area contributed by atoms with Gasteiger partial charge in [-0.15, -0.1) is 11.3 Å². The van der Waals surface area contributed by atoms with Crippen LogP contribution in [0.3, 0.4) is 0 Å². The summed E-state index contributed by atoms with van der Waals surface area (Å²) in [5.74, 6) is 0.764. The monoisotopic (exact) mass is 294 g/mol. The highest BCUT2D eigenvalue weighted by atomic mass is 32.2. The summed E-state index contributed by atoms with van der Waals surface area (Å²) in [5, 5.41) is 0. The van der Waals surface area contributed by atoms with E-state index in [1.54, 1.807) is 17.8 Å². The SMILES string of the molecule is CSCC(C)NS(=O)(=O)c1ccc(CCN)s1. The zero-order valence-electron chi connectivity index (χ0n) is 9.97. The predicted octanol–water partition coefficient (Wildman–Crippen LogP) is 1.28. The average molecular weight is 294 g/mol. The Balaban J connectivity index is 2.75. The van der Waals surface area contributed by atoms with Gasteiger partial charge in [0.25, 0.3) is 0 Å². The van der Waals surface area contributed by atoms with Crippen molar-refractivity contribution in [3.63, 3.8) is 0 Å². The second kappa shape index (κ2) is 6.75. The third-order valence-corrected chi connectivity index (χ3v) is 6.13. The first-order valence-corrected chi connectivity index (χ1v) is 8.99. The van der Waals surface area contributed by atoms with E-state index in [-0.39, 0.29) is 6.04 Å². The van der Waals surface area contributed by atoms with Crippen LogP contribution in [0.15, 0.2) is 16.3 Å². The van der Waals surface area contributed by atoms with Gasteiger partial charge in [-0.3, -0.25) is 0 Å². The largest absolute Gasteiger partial charge is 0.330 e. The van der Waals surface area contributed by atoms with Crippen LogP contribution in [0.2, 0.25) is 0 Å². The first-order chi connectivity index (χ1) is 7.99. The Morgan fingerprint density at radius 3 is 2.82 bits per heavy atom. The maximum atomic E-state index is 12.0. The Labute approximate surface area is 111 Å². The maximum absolute atomic E-state index is 12.0. The maximum Gasteiger partial charge on any atom is 0.250 e. The van der Waals surface area contributed by atoms with E-state index >= 15 is 0 Å². The lowest BCUT2D eigenvalue weighted by Gasteiger charge is -2.11. The van der Waals surface area contributed by atoms with Crippen molar-refractivity contribution in [2.75, 3.05) is 18.6 Å². The van der Waals surface area contributed by atoms with Gasteiger partial charge in [0.2, 0.25) is 10.0 Å². The molecule has 1 aromatic heterocycles. The Bertz CT molecular complexity index is 442. The summed E-state index contributed by atoms with van der Waals surface area (Å²) in [4.78, 5) is 1.00. The van der Waals surface area contributed by atoms with Gasteiger partial charge >= 0.3 is 0 Å². The molecule has 0 fully saturated rings. The molecule has 1 atom stereocenters. The topological polar surface area (TPSA) is 72.2 Å². The highest BCUT2D eigenvalue weighted by molar-refractivity contribution is 7.98. The molecular weight excluding hydrogens is 276 g/mol. The summed E-state index contributed by atoms with van der Waals surface area (Å²) in [6.45, 7) is 2.40. The molecule has 0 aliphatic heterocycles. The number of hydrogen-bond acceptors (Lipinski definition) is 5. The quantitative estimate of drug-likeness (QED) is 0.794. The van der Waals surface area contributed by atoms with Gasteiger partial charge in [-0.1, -0.05) is 0 Å². The highest BCUT2D eigenvalue weighted by Crippen LogP contribution is 2.22.